The Balaban J connectivity index is 1.52. The van der Waals surface area contributed by atoms with Gasteiger partial charge in [0.15, 0.2) is 0 Å². The molecule has 0 unspecified atom stereocenters. The molecule has 0 radical (unpaired) electrons. The molecule has 4 rings (SSSR count). The Kier molecular flexibility index (Phi) is 6.79. The van der Waals surface area contributed by atoms with E-state index < -0.39 is 0 Å². The van der Waals surface area contributed by atoms with Gasteiger partial charge in [0.05, 0.1) is 12.6 Å². The first-order valence-corrected chi connectivity index (χ1v) is 10.8. The number of hydrazone groups is 1. The van der Waals surface area contributed by atoms with Gasteiger partial charge < -0.3 is 4.74 Å². The molecule has 0 heterocycles. The van der Waals surface area contributed by atoms with Gasteiger partial charge in [0.2, 0.25) is 5.91 Å². The average Bonchev–Trinajstić information content (AvgIpc) is 2.81. The van der Waals surface area contributed by atoms with Crippen molar-refractivity contribution in [2.45, 2.75) is 26.9 Å². The van der Waals surface area contributed by atoms with Crippen molar-refractivity contribution >= 4 is 22.9 Å². The standard InChI is InChI=1S/C28H25FN2O2/c1-19-7-10-23(20(2)15-19)16-28(32)31-30-17-26-25-6-4-3-5-22(25)11-14-27(26)33-18-21-8-12-24(29)13-9-21/h3-15,17H,16,18H2,1-2H3,(H,31,32)/b30-17-. The number of fused-ring (bicyclic) bond motifs is 1. The van der Waals surface area contributed by atoms with Crippen molar-refractivity contribution in [3.8, 4) is 5.75 Å². The SMILES string of the molecule is Cc1ccc(CC(=O)N/N=C\c2c(OCc3ccc(F)cc3)ccc3ccccc23)c(C)c1. The van der Waals surface area contributed by atoms with Crippen LogP contribution in [0.2, 0.25) is 0 Å². The highest BCUT2D eigenvalue weighted by atomic mass is 19.1. The number of nitrogens with zero attached hydrogens (tertiary/aromatic N) is 1. The van der Waals surface area contributed by atoms with Crippen molar-refractivity contribution in [1.29, 1.82) is 0 Å². The van der Waals surface area contributed by atoms with Crippen LogP contribution in [0.5, 0.6) is 5.75 Å². The lowest BCUT2D eigenvalue weighted by molar-refractivity contribution is -0.120. The molecule has 1 amide bonds. The number of benzene rings is 4. The lowest BCUT2D eigenvalue weighted by Gasteiger charge is -2.12. The van der Waals surface area contributed by atoms with E-state index in [0.29, 0.717) is 12.4 Å². The van der Waals surface area contributed by atoms with Crippen LogP contribution in [0.15, 0.2) is 84.0 Å². The molecule has 5 heteroatoms. The van der Waals surface area contributed by atoms with Gasteiger partial charge in [-0.25, -0.2) is 9.82 Å². The minimum Gasteiger partial charge on any atom is -0.488 e. The van der Waals surface area contributed by atoms with Gasteiger partial charge in [-0.2, -0.15) is 5.10 Å². The molecule has 0 bridgehead atoms. The lowest BCUT2D eigenvalue weighted by Crippen LogP contribution is -2.20. The number of amides is 1. The second-order valence-corrected chi connectivity index (χ2v) is 8.01. The number of carbonyl (C=O) groups is 1. The third-order valence-corrected chi connectivity index (χ3v) is 5.47. The van der Waals surface area contributed by atoms with E-state index in [1.807, 2.05) is 62.4 Å². The lowest BCUT2D eigenvalue weighted by atomic mass is 10.0. The maximum absolute atomic E-state index is 13.2. The minimum absolute atomic E-state index is 0.188. The van der Waals surface area contributed by atoms with Gasteiger partial charge in [0.25, 0.3) is 0 Å². The monoisotopic (exact) mass is 440 g/mol. The molecule has 4 aromatic rings. The fourth-order valence-corrected chi connectivity index (χ4v) is 3.70. The van der Waals surface area contributed by atoms with Crippen LogP contribution in [0.25, 0.3) is 10.8 Å². The summed E-state index contributed by atoms with van der Waals surface area (Å²) in [5.74, 6) is 0.159. The largest absolute Gasteiger partial charge is 0.488 e. The van der Waals surface area contributed by atoms with E-state index in [1.54, 1.807) is 18.3 Å². The molecule has 0 fully saturated rings. The summed E-state index contributed by atoms with van der Waals surface area (Å²) in [6.07, 6.45) is 1.87. The number of aryl methyl sites for hydroxylation is 2. The molecular weight excluding hydrogens is 415 g/mol. The van der Waals surface area contributed by atoms with Crippen LogP contribution in [0.1, 0.15) is 27.8 Å². The molecule has 33 heavy (non-hydrogen) atoms. The molecule has 4 aromatic carbocycles. The second kappa shape index (κ2) is 10.1. The number of halogens is 1. The van der Waals surface area contributed by atoms with Gasteiger partial charge in [-0.1, -0.05) is 66.2 Å². The molecule has 0 aromatic heterocycles. The summed E-state index contributed by atoms with van der Waals surface area (Å²) in [7, 11) is 0. The Morgan fingerprint density at radius 1 is 1.00 bits per heavy atom. The van der Waals surface area contributed by atoms with Gasteiger partial charge in [-0.3, -0.25) is 4.79 Å². The fourth-order valence-electron chi connectivity index (χ4n) is 3.70. The van der Waals surface area contributed by atoms with Crippen LogP contribution < -0.4 is 10.2 Å². The van der Waals surface area contributed by atoms with Crippen LogP contribution in [-0.4, -0.2) is 12.1 Å². The number of ether oxygens (including phenoxy) is 1. The predicted molar refractivity (Wildman–Crippen MR) is 130 cm³/mol. The number of hydrogen-bond donors (Lipinski definition) is 1. The maximum atomic E-state index is 13.2. The highest BCUT2D eigenvalue weighted by molar-refractivity contribution is 6.02. The Bertz CT molecular complexity index is 1310. The molecule has 0 saturated carbocycles. The molecule has 0 atom stereocenters. The zero-order chi connectivity index (χ0) is 23.2. The molecule has 1 N–H and O–H groups in total. The van der Waals surface area contributed by atoms with Crippen molar-refractivity contribution < 1.29 is 13.9 Å². The van der Waals surface area contributed by atoms with E-state index in [4.69, 9.17) is 4.74 Å². The zero-order valence-electron chi connectivity index (χ0n) is 18.6. The van der Waals surface area contributed by atoms with Crippen molar-refractivity contribution in [1.82, 2.24) is 5.43 Å². The number of carbonyl (C=O) groups excluding carboxylic acids is 1. The predicted octanol–water partition coefficient (Wildman–Crippen LogP) is 5.87. The Hall–Kier alpha value is -3.99. The summed E-state index contributed by atoms with van der Waals surface area (Å²) in [6, 6.07) is 24.0. The summed E-state index contributed by atoms with van der Waals surface area (Å²) >= 11 is 0. The van der Waals surface area contributed by atoms with Crippen molar-refractivity contribution in [2.75, 3.05) is 0 Å². The first-order chi connectivity index (χ1) is 16.0. The van der Waals surface area contributed by atoms with Gasteiger partial charge in [0.1, 0.15) is 18.2 Å². The van der Waals surface area contributed by atoms with E-state index in [2.05, 4.69) is 16.6 Å². The Morgan fingerprint density at radius 3 is 2.58 bits per heavy atom. The number of hydrogen-bond acceptors (Lipinski definition) is 3. The summed E-state index contributed by atoms with van der Waals surface area (Å²) in [6.45, 7) is 4.32. The van der Waals surface area contributed by atoms with E-state index in [1.165, 1.54) is 17.7 Å². The molecule has 0 saturated heterocycles. The quantitative estimate of drug-likeness (QED) is 0.289. The van der Waals surface area contributed by atoms with Crippen LogP contribution in [0.4, 0.5) is 4.39 Å². The topological polar surface area (TPSA) is 50.7 Å². The van der Waals surface area contributed by atoms with Gasteiger partial charge in [-0.05, 0) is 59.5 Å². The molecule has 0 aliphatic rings. The molecule has 166 valence electrons. The Labute approximate surface area is 192 Å². The molecule has 0 spiro atoms. The highest BCUT2D eigenvalue weighted by Gasteiger charge is 2.09. The first-order valence-electron chi connectivity index (χ1n) is 10.8. The maximum Gasteiger partial charge on any atom is 0.244 e. The molecule has 0 aliphatic heterocycles. The minimum atomic E-state index is -0.283. The average molecular weight is 441 g/mol. The van der Waals surface area contributed by atoms with Crippen LogP contribution in [0.3, 0.4) is 0 Å². The van der Waals surface area contributed by atoms with E-state index in [0.717, 1.165) is 33.0 Å². The van der Waals surface area contributed by atoms with Gasteiger partial charge in [0, 0.05) is 5.56 Å². The number of rotatable bonds is 7. The summed E-state index contributed by atoms with van der Waals surface area (Å²) in [5, 5.41) is 6.20. The summed E-state index contributed by atoms with van der Waals surface area (Å²) in [4.78, 5) is 12.4. The van der Waals surface area contributed by atoms with E-state index in [9.17, 15) is 9.18 Å². The normalized spacial score (nSPS) is 11.1. The first kappa shape index (κ1) is 22.2. The molecular formula is C28H25FN2O2. The van der Waals surface area contributed by atoms with Crippen LogP contribution >= 0.6 is 0 Å². The van der Waals surface area contributed by atoms with Crippen molar-refractivity contribution in [3.63, 3.8) is 0 Å². The highest BCUT2D eigenvalue weighted by Crippen LogP contribution is 2.27. The summed E-state index contributed by atoms with van der Waals surface area (Å²) in [5.41, 5.74) is 7.47. The van der Waals surface area contributed by atoms with Crippen molar-refractivity contribution in [3.05, 3.63) is 112 Å². The summed E-state index contributed by atoms with van der Waals surface area (Å²) < 4.78 is 19.2. The number of nitrogens with one attached hydrogen (secondary N) is 1. The van der Waals surface area contributed by atoms with E-state index >= 15 is 0 Å². The smallest absolute Gasteiger partial charge is 0.244 e. The van der Waals surface area contributed by atoms with Gasteiger partial charge >= 0.3 is 0 Å². The van der Waals surface area contributed by atoms with Crippen molar-refractivity contribution in [2.24, 2.45) is 5.10 Å². The van der Waals surface area contributed by atoms with E-state index in [-0.39, 0.29) is 18.1 Å². The fraction of sp³-hybridized carbons (Fsp3) is 0.143. The second-order valence-electron chi connectivity index (χ2n) is 8.01. The van der Waals surface area contributed by atoms with Crippen LogP contribution in [0, 0.1) is 19.7 Å². The molecule has 0 aliphatic carbocycles. The van der Waals surface area contributed by atoms with Gasteiger partial charge in [-0.15, -0.1) is 0 Å². The molecule has 4 nitrogen and oxygen atoms in total. The third-order valence-electron chi connectivity index (χ3n) is 5.47. The zero-order valence-corrected chi connectivity index (χ0v) is 18.6. The Morgan fingerprint density at radius 2 is 1.79 bits per heavy atom. The van der Waals surface area contributed by atoms with Crippen LogP contribution in [-0.2, 0) is 17.8 Å². The third kappa shape index (κ3) is 5.63.